The van der Waals surface area contributed by atoms with Crippen molar-refractivity contribution in [3.05, 3.63) is 94.0 Å². The first-order chi connectivity index (χ1) is 17.0. The number of hydrogen-bond acceptors (Lipinski definition) is 4. The lowest BCUT2D eigenvalue weighted by molar-refractivity contribution is 0.0735. The van der Waals surface area contributed by atoms with Crippen molar-refractivity contribution in [2.24, 2.45) is 0 Å². The van der Waals surface area contributed by atoms with Crippen molar-refractivity contribution >= 4 is 40.5 Å². The number of amides is 1. The van der Waals surface area contributed by atoms with Gasteiger partial charge in [0.15, 0.2) is 0 Å². The van der Waals surface area contributed by atoms with Crippen molar-refractivity contribution in [1.29, 1.82) is 0 Å². The molecule has 0 bridgehead atoms. The SMILES string of the molecule is O=C(c1ccc(Cl)cc1Nc1ccccc1)N1CC[C@H](N2CCN(Cc3ccc(Cl)cc3)CC2)C1. The van der Waals surface area contributed by atoms with Gasteiger partial charge in [-0.25, -0.2) is 0 Å². The van der Waals surface area contributed by atoms with Crippen LogP contribution >= 0.6 is 23.2 Å². The van der Waals surface area contributed by atoms with E-state index in [2.05, 4.69) is 27.2 Å². The van der Waals surface area contributed by atoms with E-state index < -0.39 is 0 Å². The first-order valence-electron chi connectivity index (χ1n) is 12.2. The largest absolute Gasteiger partial charge is 0.355 e. The third-order valence-electron chi connectivity index (χ3n) is 6.96. The number of nitrogens with zero attached hydrogens (tertiary/aromatic N) is 3. The molecular weight excluding hydrogens is 479 g/mol. The molecule has 182 valence electrons. The number of anilines is 2. The van der Waals surface area contributed by atoms with Gasteiger partial charge in [0.2, 0.25) is 0 Å². The molecule has 0 radical (unpaired) electrons. The first-order valence-corrected chi connectivity index (χ1v) is 12.9. The van der Waals surface area contributed by atoms with Gasteiger partial charge in [-0.3, -0.25) is 14.6 Å². The van der Waals surface area contributed by atoms with Crippen molar-refractivity contribution in [2.45, 2.75) is 19.0 Å². The molecule has 0 aliphatic carbocycles. The second kappa shape index (κ2) is 11.0. The number of para-hydroxylation sites is 1. The van der Waals surface area contributed by atoms with Crippen molar-refractivity contribution in [3.63, 3.8) is 0 Å². The molecule has 2 fully saturated rings. The third kappa shape index (κ3) is 5.99. The molecule has 1 amide bonds. The van der Waals surface area contributed by atoms with Crippen LogP contribution in [0.3, 0.4) is 0 Å². The number of halogens is 2. The van der Waals surface area contributed by atoms with Crippen LogP contribution in [0.2, 0.25) is 10.0 Å². The maximum Gasteiger partial charge on any atom is 0.256 e. The van der Waals surface area contributed by atoms with Crippen LogP contribution in [0.5, 0.6) is 0 Å². The Bertz CT molecular complexity index is 1150. The molecule has 0 saturated carbocycles. The molecule has 0 spiro atoms. The Labute approximate surface area is 217 Å². The molecule has 2 aliphatic rings. The quantitative estimate of drug-likeness (QED) is 0.458. The number of likely N-dealkylation sites (tertiary alicyclic amines) is 1. The van der Waals surface area contributed by atoms with Gasteiger partial charge < -0.3 is 10.2 Å². The summed E-state index contributed by atoms with van der Waals surface area (Å²) in [5.41, 5.74) is 3.63. The maximum atomic E-state index is 13.5. The molecule has 2 saturated heterocycles. The minimum atomic E-state index is 0.0592. The third-order valence-corrected chi connectivity index (χ3v) is 7.45. The maximum absolute atomic E-state index is 13.5. The molecule has 35 heavy (non-hydrogen) atoms. The van der Waals surface area contributed by atoms with Crippen molar-refractivity contribution in [3.8, 4) is 0 Å². The molecular formula is C28H30Cl2N4O. The smallest absolute Gasteiger partial charge is 0.256 e. The van der Waals surface area contributed by atoms with Crippen LogP contribution in [0.4, 0.5) is 11.4 Å². The average Bonchev–Trinajstić information content (AvgIpc) is 3.37. The molecule has 3 aromatic rings. The molecule has 1 N–H and O–H groups in total. The van der Waals surface area contributed by atoms with E-state index in [0.29, 0.717) is 16.6 Å². The van der Waals surface area contributed by atoms with Gasteiger partial charge in [0.1, 0.15) is 0 Å². The van der Waals surface area contributed by atoms with Gasteiger partial charge in [0, 0.05) is 67.6 Å². The number of carbonyl (C=O) groups is 1. The topological polar surface area (TPSA) is 38.8 Å². The van der Waals surface area contributed by atoms with E-state index in [-0.39, 0.29) is 5.91 Å². The van der Waals surface area contributed by atoms with Crippen molar-refractivity contribution in [2.75, 3.05) is 44.6 Å². The molecule has 0 aromatic heterocycles. The molecule has 2 aliphatic heterocycles. The van der Waals surface area contributed by atoms with E-state index in [1.54, 1.807) is 6.07 Å². The minimum absolute atomic E-state index is 0.0592. The normalized spacial score (nSPS) is 19.1. The van der Waals surface area contributed by atoms with Crippen LogP contribution in [0.1, 0.15) is 22.3 Å². The number of hydrogen-bond donors (Lipinski definition) is 1. The summed E-state index contributed by atoms with van der Waals surface area (Å²) < 4.78 is 0. The summed E-state index contributed by atoms with van der Waals surface area (Å²) >= 11 is 12.3. The highest BCUT2D eigenvalue weighted by Crippen LogP contribution is 2.28. The second-order valence-corrected chi connectivity index (χ2v) is 10.2. The van der Waals surface area contributed by atoms with Crippen LogP contribution in [0.15, 0.2) is 72.8 Å². The summed E-state index contributed by atoms with van der Waals surface area (Å²) in [5.74, 6) is 0.0592. The standard InChI is InChI=1S/C28H30Cl2N4O/c29-22-8-6-21(7-9-22)19-32-14-16-33(17-15-32)25-12-13-34(20-25)28(35)26-11-10-23(30)18-27(26)31-24-4-2-1-3-5-24/h1-11,18,25,31H,12-17,19-20H2/t25-/m0/s1. The Hall–Kier alpha value is -2.57. The fourth-order valence-corrected chi connectivity index (χ4v) is 5.31. The highest BCUT2D eigenvalue weighted by atomic mass is 35.5. The lowest BCUT2D eigenvalue weighted by Crippen LogP contribution is -2.50. The summed E-state index contributed by atoms with van der Waals surface area (Å²) in [5, 5.41) is 4.75. The molecule has 5 rings (SSSR count). The van der Waals surface area contributed by atoms with Crippen molar-refractivity contribution < 1.29 is 4.79 Å². The number of carbonyl (C=O) groups excluding carboxylic acids is 1. The van der Waals surface area contributed by atoms with Gasteiger partial charge >= 0.3 is 0 Å². The van der Waals surface area contributed by atoms with E-state index in [1.807, 2.05) is 59.5 Å². The fraction of sp³-hybridized carbons (Fsp3) is 0.321. The van der Waals surface area contributed by atoms with Gasteiger partial charge in [0.05, 0.1) is 11.3 Å². The molecule has 3 aromatic carbocycles. The number of rotatable bonds is 6. The van der Waals surface area contributed by atoms with Gasteiger partial charge in [-0.15, -0.1) is 0 Å². The van der Waals surface area contributed by atoms with Crippen LogP contribution < -0.4 is 5.32 Å². The molecule has 0 unspecified atom stereocenters. The predicted molar refractivity (Wildman–Crippen MR) is 144 cm³/mol. The second-order valence-electron chi connectivity index (χ2n) is 9.31. The lowest BCUT2D eigenvalue weighted by atomic mass is 10.1. The average molecular weight is 509 g/mol. The predicted octanol–water partition coefficient (Wildman–Crippen LogP) is 5.77. The molecule has 5 nitrogen and oxygen atoms in total. The number of benzene rings is 3. The van der Waals surface area contributed by atoms with Crippen LogP contribution in [0.25, 0.3) is 0 Å². The van der Waals surface area contributed by atoms with Gasteiger partial charge in [-0.2, -0.15) is 0 Å². The van der Waals surface area contributed by atoms with Crippen molar-refractivity contribution in [1.82, 2.24) is 14.7 Å². The van der Waals surface area contributed by atoms with E-state index in [1.165, 1.54) is 5.56 Å². The molecule has 1 atom stereocenters. The summed E-state index contributed by atoms with van der Waals surface area (Å²) in [4.78, 5) is 20.5. The number of piperazine rings is 1. The Morgan fingerprint density at radius 2 is 1.57 bits per heavy atom. The zero-order valence-electron chi connectivity index (χ0n) is 19.7. The zero-order chi connectivity index (χ0) is 24.2. The van der Waals surface area contributed by atoms with Gasteiger partial charge in [0.25, 0.3) is 5.91 Å². The first kappa shape index (κ1) is 24.1. The summed E-state index contributed by atoms with van der Waals surface area (Å²) in [6.07, 6.45) is 1.01. The molecule has 7 heteroatoms. The number of nitrogens with one attached hydrogen (secondary N) is 1. The summed E-state index contributed by atoms with van der Waals surface area (Å²) in [7, 11) is 0. The van der Waals surface area contributed by atoms with E-state index >= 15 is 0 Å². The lowest BCUT2D eigenvalue weighted by Gasteiger charge is -2.38. The van der Waals surface area contributed by atoms with Crippen LogP contribution in [0, 0.1) is 0 Å². The minimum Gasteiger partial charge on any atom is -0.355 e. The highest BCUT2D eigenvalue weighted by molar-refractivity contribution is 6.31. The Kier molecular flexibility index (Phi) is 7.59. The van der Waals surface area contributed by atoms with E-state index in [4.69, 9.17) is 23.2 Å². The Balaban J connectivity index is 1.18. The Morgan fingerprint density at radius 1 is 0.857 bits per heavy atom. The van der Waals surface area contributed by atoms with Gasteiger partial charge in [-0.05, 0) is 54.4 Å². The molecule has 2 heterocycles. The van der Waals surface area contributed by atoms with E-state index in [0.717, 1.165) is 68.6 Å². The van der Waals surface area contributed by atoms with Crippen LogP contribution in [-0.2, 0) is 6.54 Å². The van der Waals surface area contributed by atoms with Gasteiger partial charge in [-0.1, -0.05) is 53.5 Å². The zero-order valence-corrected chi connectivity index (χ0v) is 21.2. The highest BCUT2D eigenvalue weighted by Gasteiger charge is 2.33. The monoisotopic (exact) mass is 508 g/mol. The fourth-order valence-electron chi connectivity index (χ4n) is 5.01. The van der Waals surface area contributed by atoms with E-state index in [9.17, 15) is 4.79 Å². The summed E-state index contributed by atoms with van der Waals surface area (Å²) in [6.45, 7) is 6.63. The Morgan fingerprint density at radius 3 is 2.31 bits per heavy atom. The summed E-state index contributed by atoms with van der Waals surface area (Å²) in [6, 6.07) is 23.8. The van der Waals surface area contributed by atoms with Crippen LogP contribution in [-0.4, -0.2) is 65.9 Å².